The summed E-state index contributed by atoms with van der Waals surface area (Å²) in [5, 5.41) is 0.551. The van der Waals surface area contributed by atoms with Crippen LogP contribution in [0, 0.1) is 0 Å². The molecule has 1 atom stereocenters. The van der Waals surface area contributed by atoms with Crippen molar-refractivity contribution in [3.8, 4) is 0 Å². The van der Waals surface area contributed by atoms with E-state index in [0.29, 0.717) is 10.6 Å². The fraction of sp³-hybridized carbons (Fsp3) is 0.300. The SMILES string of the molecule is CC(=O)OC(c1ccc(Cl)cc1)C(Cl)(Cl)Cl. The van der Waals surface area contributed by atoms with Gasteiger partial charge in [0.05, 0.1) is 0 Å². The average Bonchev–Trinajstić information content (AvgIpc) is 2.14. The summed E-state index contributed by atoms with van der Waals surface area (Å²) in [6.45, 7) is 1.25. The molecule has 0 radical (unpaired) electrons. The average molecular weight is 302 g/mol. The van der Waals surface area contributed by atoms with Gasteiger partial charge >= 0.3 is 5.97 Å². The molecular formula is C10H8Cl4O2. The number of halogens is 4. The summed E-state index contributed by atoms with van der Waals surface area (Å²) in [6.07, 6.45) is -0.952. The number of rotatable bonds is 2. The Morgan fingerprint density at radius 3 is 2.12 bits per heavy atom. The molecule has 1 unspecified atom stereocenters. The maximum Gasteiger partial charge on any atom is 0.303 e. The molecule has 0 N–H and O–H groups in total. The number of hydrogen-bond donors (Lipinski definition) is 0. The molecule has 0 heterocycles. The quantitative estimate of drug-likeness (QED) is 0.601. The number of carbonyl (C=O) groups is 1. The van der Waals surface area contributed by atoms with Crippen LogP contribution in [0.25, 0.3) is 0 Å². The Balaban J connectivity index is 3.01. The molecule has 6 heteroatoms. The molecule has 0 aliphatic rings. The van der Waals surface area contributed by atoms with Crippen molar-refractivity contribution in [2.45, 2.75) is 16.8 Å². The molecule has 16 heavy (non-hydrogen) atoms. The van der Waals surface area contributed by atoms with Crippen molar-refractivity contribution in [1.29, 1.82) is 0 Å². The predicted molar refractivity (Wildman–Crippen MR) is 66.2 cm³/mol. The molecule has 2 nitrogen and oxygen atoms in total. The first kappa shape index (κ1) is 13.9. The summed E-state index contributed by atoms with van der Waals surface area (Å²) in [6, 6.07) is 6.53. The van der Waals surface area contributed by atoms with Gasteiger partial charge in [0.25, 0.3) is 0 Å². The smallest absolute Gasteiger partial charge is 0.303 e. The van der Waals surface area contributed by atoms with Crippen LogP contribution in [0.2, 0.25) is 5.02 Å². The Morgan fingerprint density at radius 2 is 1.75 bits per heavy atom. The molecule has 88 valence electrons. The summed E-state index contributed by atoms with van der Waals surface area (Å²) < 4.78 is 3.24. The first-order valence-corrected chi connectivity index (χ1v) is 5.81. The fourth-order valence-electron chi connectivity index (χ4n) is 1.13. The number of esters is 1. The minimum atomic E-state index is -1.72. The van der Waals surface area contributed by atoms with Gasteiger partial charge in [0.2, 0.25) is 3.79 Å². The van der Waals surface area contributed by atoms with Crippen LogP contribution in [-0.2, 0) is 9.53 Å². The van der Waals surface area contributed by atoms with E-state index in [1.807, 2.05) is 0 Å². The summed E-state index contributed by atoms with van der Waals surface area (Å²) in [5.74, 6) is -0.522. The second kappa shape index (κ2) is 5.46. The second-order valence-electron chi connectivity index (χ2n) is 3.08. The summed E-state index contributed by atoms with van der Waals surface area (Å²) in [5.41, 5.74) is 0.569. The lowest BCUT2D eigenvalue weighted by molar-refractivity contribution is -0.146. The molecule has 0 aliphatic heterocycles. The number of alkyl halides is 3. The second-order valence-corrected chi connectivity index (χ2v) is 5.89. The molecule has 0 fully saturated rings. The summed E-state index contributed by atoms with van der Waals surface area (Å²) >= 11 is 22.9. The minimum absolute atomic E-state index is 0.522. The number of carbonyl (C=O) groups excluding carboxylic acids is 1. The molecule has 1 rings (SSSR count). The van der Waals surface area contributed by atoms with Crippen LogP contribution < -0.4 is 0 Å². The largest absolute Gasteiger partial charge is 0.453 e. The van der Waals surface area contributed by atoms with Crippen molar-refractivity contribution in [2.24, 2.45) is 0 Å². The third-order valence-electron chi connectivity index (χ3n) is 1.75. The molecule has 0 saturated carbocycles. The molecule has 0 saturated heterocycles. The number of hydrogen-bond acceptors (Lipinski definition) is 2. The monoisotopic (exact) mass is 300 g/mol. The number of ether oxygens (including phenoxy) is 1. The highest BCUT2D eigenvalue weighted by Gasteiger charge is 2.36. The Bertz CT molecular complexity index is 369. The van der Waals surface area contributed by atoms with Gasteiger partial charge in [-0.05, 0) is 17.7 Å². The lowest BCUT2D eigenvalue weighted by Crippen LogP contribution is -2.22. The highest BCUT2D eigenvalue weighted by Crippen LogP contribution is 2.42. The molecule has 0 amide bonds. The Kier molecular flexibility index (Phi) is 4.74. The molecule has 0 aromatic heterocycles. The third kappa shape index (κ3) is 4.02. The first-order chi connectivity index (χ1) is 7.30. The van der Waals surface area contributed by atoms with E-state index in [4.69, 9.17) is 51.1 Å². The Labute approximate surface area is 113 Å². The zero-order chi connectivity index (χ0) is 12.3. The molecule has 1 aromatic rings. The van der Waals surface area contributed by atoms with E-state index < -0.39 is 15.9 Å². The van der Waals surface area contributed by atoms with Gasteiger partial charge in [-0.25, -0.2) is 0 Å². The summed E-state index contributed by atoms with van der Waals surface area (Å²) in [4.78, 5) is 10.9. The molecule has 1 aromatic carbocycles. The lowest BCUT2D eigenvalue weighted by atomic mass is 10.1. The van der Waals surface area contributed by atoms with Crippen LogP contribution in [0.5, 0.6) is 0 Å². The van der Waals surface area contributed by atoms with Gasteiger partial charge in [-0.2, -0.15) is 0 Å². The van der Waals surface area contributed by atoms with Crippen LogP contribution >= 0.6 is 46.4 Å². The van der Waals surface area contributed by atoms with E-state index in [9.17, 15) is 4.79 Å². The van der Waals surface area contributed by atoms with Crippen LogP contribution in [0.3, 0.4) is 0 Å². The van der Waals surface area contributed by atoms with Crippen LogP contribution in [-0.4, -0.2) is 9.76 Å². The van der Waals surface area contributed by atoms with Gasteiger partial charge in [0, 0.05) is 11.9 Å². The van der Waals surface area contributed by atoms with Gasteiger partial charge in [0.1, 0.15) is 0 Å². The normalized spacial score (nSPS) is 13.3. The van der Waals surface area contributed by atoms with E-state index in [1.54, 1.807) is 24.3 Å². The molecular weight excluding hydrogens is 294 g/mol. The summed E-state index contributed by atoms with van der Waals surface area (Å²) in [7, 11) is 0. The molecule has 0 spiro atoms. The Hall–Kier alpha value is -0.150. The fourth-order valence-corrected chi connectivity index (χ4v) is 1.76. The van der Waals surface area contributed by atoms with E-state index >= 15 is 0 Å². The van der Waals surface area contributed by atoms with Crippen molar-refractivity contribution in [2.75, 3.05) is 0 Å². The van der Waals surface area contributed by atoms with E-state index in [1.165, 1.54) is 6.92 Å². The van der Waals surface area contributed by atoms with Gasteiger partial charge < -0.3 is 4.74 Å². The molecule has 0 aliphatic carbocycles. The van der Waals surface area contributed by atoms with E-state index in [0.717, 1.165) is 0 Å². The van der Waals surface area contributed by atoms with Crippen molar-refractivity contribution < 1.29 is 9.53 Å². The van der Waals surface area contributed by atoms with Crippen molar-refractivity contribution >= 4 is 52.4 Å². The Morgan fingerprint density at radius 1 is 1.25 bits per heavy atom. The maximum absolute atomic E-state index is 10.9. The van der Waals surface area contributed by atoms with E-state index in [-0.39, 0.29) is 0 Å². The highest BCUT2D eigenvalue weighted by molar-refractivity contribution is 6.68. The van der Waals surface area contributed by atoms with Gasteiger partial charge in [0.15, 0.2) is 6.10 Å². The zero-order valence-corrected chi connectivity index (χ0v) is 11.2. The van der Waals surface area contributed by atoms with Gasteiger partial charge in [-0.1, -0.05) is 58.5 Å². The van der Waals surface area contributed by atoms with Gasteiger partial charge in [-0.15, -0.1) is 0 Å². The topological polar surface area (TPSA) is 26.3 Å². The maximum atomic E-state index is 10.9. The predicted octanol–water partition coefficient (Wildman–Crippen LogP) is 4.31. The van der Waals surface area contributed by atoms with Crippen molar-refractivity contribution in [3.05, 3.63) is 34.9 Å². The zero-order valence-electron chi connectivity index (χ0n) is 8.22. The third-order valence-corrected chi connectivity index (χ3v) is 2.60. The van der Waals surface area contributed by atoms with Crippen LogP contribution in [0.15, 0.2) is 24.3 Å². The highest BCUT2D eigenvalue weighted by atomic mass is 35.6. The molecule has 0 bridgehead atoms. The van der Waals surface area contributed by atoms with E-state index in [2.05, 4.69) is 0 Å². The van der Waals surface area contributed by atoms with Crippen molar-refractivity contribution in [1.82, 2.24) is 0 Å². The van der Waals surface area contributed by atoms with Crippen molar-refractivity contribution in [3.63, 3.8) is 0 Å². The minimum Gasteiger partial charge on any atom is -0.453 e. The number of benzene rings is 1. The van der Waals surface area contributed by atoms with Crippen LogP contribution in [0.1, 0.15) is 18.6 Å². The van der Waals surface area contributed by atoms with Gasteiger partial charge in [-0.3, -0.25) is 4.79 Å². The standard InChI is InChI=1S/C10H8Cl4O2/c1-6(15)16-9(10(12,13)14)7-2-4-8(11)5-3-7/h2-5,9H,1H3. The lowest BCUT2D eigenvalue weighted by Gasteiger charge is -2.24. The first-order valence-electron chi connectivity index (χ1n) is 4.30. The van der Waals surface area contributed by atoms with Crippen LogP contribution in [0.4, 0.5) is 0 Å².